The number of nitrogens with zero attached hydrogens (tertiary/aromatic N) is 4. The van der Waals surface area contributed by atoms with Crippen molar-refractivity contribution in [3.63, 3.8) is 0 Å². The molecule has 0 aromatic heterocycles. The molecule has 28 nitrogen and oxygen atoms in total. The number of phenols is 1. The standard InChI is InChI=1S/C25H34F3N3O4.C13H12F3NO7.C13H11F3O4.C9H6F3NO5.C4H8O3/c1-5-22(32)29-11-12-30-20-13-18(24(34)31(15(2)3)17-9-7-6-8-10-17)19(25(26,27)28)14-21(20)35-16(4)23(30)33;1-6(11(18)22-2)24-10-5-8(13(14,15)16)7(12(19)23-3)4-9(10)17(20)21;1-6-10(17)4-7-3-8(12(18)19-2)9(13(14,15)16)5-11(7)20-6;1-18-8(15)4-2-6(13(16)17)7(14)3-5(4)9(10,11)12;1-3(5)4(6)7-2/h13-17H,5-12H2,1-4H3,(H,29,32);4-6H,1-3H3;3,5-6H,4H2,1-2H3;2-3,14H,1H3;3,5H,1-2H3/t16-;2*6-;;3-/m000.1/s1. The van der Waals surface area contributed by atoms with Crippen molar-refractivity contribution in [2.75, 3.05) is 53.5 Å². The summed E-state index contributed by atoms with van der Waals surface area (Å²) in [5.41, 5.74) is -10.00. The van der Waals surface area contributed by atoms with Gasteiger partial charge in [-0.2, -0.15) is 52.7 Å². The number of anilines is 1. The van der Waals surface area contributed by atoms with Crippen LogP contribution in [0.25, 0.3) is 0 Å². The molecule has 3 aliphatic rings. The number of carbonyl (C=O) groups is 9. The quantitative estimate of drug-likeness (QED) is 0.0308. The lowest BCUT2D eigenvalue weighted by atomic mass is 9.92. The van der Waals surface area contributed by atoms with Gasteiger partial charge < -0.3 is 63.2 Å². The van der Waals surface area contributed by atoms with Crippen LogP contribution in [0.15, 0.2) is 48.5 Å². The van der Waals surface area contributed by atoms with Crippen LogP contribution in [0.1, 0.15) is 156 Å². The highest BCUT2D eigenvalue weighted by molar-refractivity contribution is 6.04. The Bertz CT molecular complexity index is 3840. The number of benzene rings is 4. The van der Waals surface area contributed by atoms with Gasteiger partial charge in [-0.1, -0.05) is 26.2 Å². The highest BCUT2D eigenvalue weighted by atomic mass is 19.4. The van der Waals surface area contributed by atoms with Gasteiger partial charge in [0, 0.05) is 67.8 Å². The minimum Gasteiger partial charge on any atom is -0.502 e. The molecule has 104 heavy (non-hydrogen) atoms. The number of fused-ring (bicyclic) bond motifs is 2. The van der Waals surface area contributed by atoms with Crippen molar-refractivity contribution in [2.24, 2.45) is 0 Å². The lowest BCUT2D eigenvalue weighted by Gasteiger charge is -2.39. The largest absolute Gasteiger partial charge is 0.502 e. The number of Topliss-reactive ketones (excluding diaryl/α,β-unsaturated/α-hetero) is 1. The molecule has 40 heteroatoms. The zero-order chi connectivity index (χ0) is 79.6. The first-order chi connectivity index (χ1) is 48.1. The predicted molar refractivity (Wildman–Crippen MR) is 333 cm³/mol. The number of phenolic OH excluding ortho intramolecular Hbond substituents is 1. The number of methoxy groups -OCH3 is 5. The van der Waals surface area contributed by atoms with E-state index in [0.717, 1.165) is 91.7 Å². The maximum absolute atomic E-state index is 14.1. The number of amides is 3. The molecule has 1 fully saturated rings. The van der Waals surface area contributed by atoms with Gasteiger partial charge in [-0.15, -0.1) is 0 Å². The van der Waals surface area contributed by atoms with Gasteiger partial charge in [0.25, 0.3) is 11.8 Å². The van der Waals surface area contributed by atoms with Crippen molar-refractivity contribution < 1.29 is 154 Å². The van der Waals surface area contributed by atoms with E-state index in [2.05, 4.69) is 29.0 Å². The number of ketones is 1. The molecule has 2 aliphatic heterocycles. The van der Waals surface area contributed by atoms with Crippen molar-refractivity contribution in [2.45, 2.75) is 155 Å². The van der Waals surface area contributed by atoms with Crippen LogP contribution in [0.2, 0.25) is 0 Å². The zero-order valence-corrected chi connectivity index (χ0v) is 57.2. The van der Waals surface area contributed by atoms with Crippen LogP contribution in [0.3, 0.4) is 0 Å². The number of nitrogens with one attached hydrogen (secondary N) is 1. The summed E-state index contributed by atoms with van der Waals surface area (Å²) >= 11 is 0. The Balaban J connectivity index is 0.000000360. The molecule has 0 unspecified atom stereocenters. The fourth-order valence-corrected chi connectivity index (χ4v) is 9.95. The number of esters is 5. The molecule has 0 bridgehead atoms. The average Bonchev–Trinajstić information content (AvgIpc) is 0.740. The third-order valence-electron chi connectivity index (χ3n) is 15.0. The Labute approximate surface area is 583 Å². The second-order valence-corrected chi connectivity index (χ2v) is 22.5. The minimum atomic E-state index is -5.01. The molecule has 7 rings (SSSR count). The number of rotatable bonds is 16. The van der Waals surface area contributed by atoms with Crippen molar-refractivity contribution in [3.8, 4) is 23.0 Å². The molecule has 574 valence electrons. The second-order valence-electron chi connectivity index (χ2n) is 22.5. The highest BCUT2D eigenvalue weighted by Gasteiger charge is 2.45. The summed E-state index contributed by atoms with van der Waals surface area (Å²) in [4.78, 5) is 127. The van der Waals surface area contributed by atoms with Crippen LogP contribution < -0.4 is 24.4 Å². The predicted octanol–water partition coefficient (Wildman–Crippen LogP) is 10.9. The van der Waals surface area contributed by atoms with Gasteiger partial charge in [-0.05, 0) is 78.6 Å². The van der Waals surface area contributed by atoms with Crippen LogP contribution >= 0.6 is 0 Å². The maximum atomic E-state index is 14.1. The first kappa shape index (κ1) is 87.6. The number of carbonyl (C=O) groups excluding carboxylic acids is 9. The number of aliphatic hydroxyl groups excluding tert-OH is 1. The lowest BCUT2D eigenvalue weighted by Crippen LogP contribution is -2.48. The fraction of sp³-hybridized carbons (Fsp3) is 0.484. The molecule has 4 aromatic rings. The second kappa shape index (κ2) is 37.0. The Morgan fingerprint density at radius 1 is 0.615 bits per heavy atom. The van der Waals surface area contributed by atoms with E-state index in [9.17, 15) is 116 Å². The van der Waals surface area contributed by atoms with Crippen LogP contribution in [0.4, 0.5) is 69.7 Å². The molecule has 0 saturated heterocycles. The monoisotopic (exact) mass is 1510 g/mol. The number of hydrogen-bond donors (Lipinski definition) is 3. The van der Waals surface area contributed by atoms with Crippen LogP contribution in [-0.2, 0) is 78.8 Å². The van der Waals surface area contributed by atoms with E-state index in [0.29, 0.717) is 12.1 Å². The van der Waals surface area contributed by atoms with Crippen LogP contribution in [0.5, 0.6) is 23.0 Å². The van der Waals surface area contributed by atoms with E-state index < -0.39 is 168 Å². The van der Waals surface area contributed by atoms with Crippen molar-refractivity contribution in [3.05, 3.63) is 119 Å². The zero-order valence-electron chi connectivity index (χ0n) is 57.2. The van der Waals surface area contributed by atoms with Crippen molar-refractivity contribution >= 4 is 70.4 Å². The summed E-state index contributed by atoms with van der Waals surface area (Å²) in [5.74, 6) is -9.21. The Hall–Kier alpha value is -10.6. The Kier molecular flexibility index (Phi) is 31.2. The molecule has 4 aromatic carbocycles. The van der Waals surface area contributed by atoms with E-state index >= 15 is 0 Å². The summed E-state index contributed by atoms with van der Waals surface area (Å²) < 4.78 is 195. The number of aliphatic hydroxyl groups is 1. The van der Waals surface area contributed by atoms with Gasteiger partial charge in [-0.3, -0.25) is 39.4 Å². The molecule has 1 saturated carbocycles. The number of nitro groups is 2. The molecule has 0 radical (unpaired) electrons. The van der Waals surface area contributed by atoms with Gasteiger partial charge in [-0.25, -0.2) is 24.0 Å². The summed E-state index contributed by atoms with van der Waals surface area (Å²) in [7, 11) is 4.90. The van der Waals surface area contributed by atoms with Gasteiger partial charge >= 0.3 is 65.9 Å². The van der Waals surface area contributed by atoms with Gasteiger partial charge in [0.15, 0.2) is 35.6 Å². The molecule has 3 amide bonds. The highest BCUT2D eigenvalue weighted by Crippen LogP contribution is 2.45. The molecular weight excluding hydrogens is 1430 g/mol. The van der Waals surface area contributed by atoms with Gasteiger partial charge in [0.05, 0.1) is 95.6 Å². The minimum absolute atomic E-state index is 0.0305. The Morgan fingerprint density at radius 2 is 1.06 bits per heavy atom. The number of alkyl halides is 12. The first-order valence-corrected chi connectivity index (χ1v) is 30.6. The van der Waals surface area contributed by atoms with Crippen molar-refractivity contribution in [1.82, 2.24) is 10.2 Å². The van der Waals surface area contributed by atoms with Gasteiger partial charge in [0.1, 0.15) is 17.6 Å². The smallest absolute Gasteiger partial charge is 0.417 e. The molecule has 4 atom stereocenters. The number of hydrogen-bond acceptors (Lipinski definition) is 23. The summed E-state index contributed by atoms with van der Waals surface area (Å²) in [6.07, 6.45) is -19.1. The van der Waals surface area contributed by atoms with E-state index in [4.69, 9.17) is 24.4 Å². The number of nitro benzene ring substituents is 2. The topological polar surface area (TPSA) is 373 Å². The molecular formula is C64H71F12N5O23. The lowest BCUT2D eigenvalue weighted by molar-refractivity contribution is -0.386. The summed E-state index contributed by atoms with van der Waals surface area (Å²) in [6.45, 7) is 10.9. The van der Waals surface area contributed by atoms with Crippen molar-refractivity contribution in [1.29, 1.82) is 0 Å². The molecule has 2 heterocycles. The summed E-state index contributed by atoms with van der Waals surface area (Å²) in [5, 5.41) is 41.6. The molecule has 3 N–H and O–H groups in total. The van der Waals surface area contributed by atoms with Crippen LogP contribution in [0, 0.1) is 20.2 Å². The van der Waals surface area contributed by atoms with Gasteiger partial charge in [0.2, 0.25) is 5.91 Å². The van der Waals surface area contributed by atoms with E-state index in [-0.39, 0.29) is 84.6 Å². The molecule has 1 aliphatic carbocycles. The third-order valence-corrected chi connectivity index (χ3v) is 15.0. The van der Waals surface area contributed by atoms with E-state index in [1.807, 2.05) is 0 Å². The fourth-order valence-electron chi connectivity index (χ4n) is 9.95. The van der Waals surface area contributed by atoms with E-state index in [1.165, 1.54) is 32.8 Å². The maximum Gasteiger partial charge on any atom is 0.417 e. The number of halogens is 12. The molecule has 0 spiro atoms. The van der Waals surface area contributed by atoms with Crippen LogP contribution in [-0.4, -0.2) is 163 Å². The van der Waals surface area contributed by atoms with E-state index in [1.54, 1.807) is 25.7 Å². The third kappa shape index (κ3) is 23.2. The SMILES string of the molecule is CCC(=O)NCCN1C(=O)[C@H](C)Oc2cc(C(F)(F)F)c(C(=O)N(C(C)C)C3CCCCC3)cc21.COC(=O)[C@@H](C)O.COC(=O)c1cc([N+](=O)[O-])c(O)cc1C(F)(F)F.COC(=O)c1cc([N+](=O)[O-])c(O[C@@H](C)C(=O)OC)cc1C(F)(F)F.COC(=O)c1cc2c(cc1C(F)(F)F)O[C@@H](C)C(=O)C2. The first-order valence-electron chi connectivity index (χ1n) is 30.6. The number of ether oxygens (including phenoxy) is 8. The number of aromatic hydroxyl groups is 1. The average molecular weight is 1510 g/mol. The Morgan fingerprint density at radius 3 is 1.49 bits per heavy atom. The normalized spacial score (nSPS) is 15.5. The summed E-state index contributed by atoms with van der Waals surface area (Å²) in [6, 6.07) is 4.37.